The predicted octanol–water partition coefficient (Wildman–Crippen LogP) is 2.80. The Kier molecular flexibility index (Phi) is 10.8. The van der Waals surface area contributed by atoms with Crippen LogP contribution in [0.4, 0.5) is 0 Å². The topological polar surface area (TPSA) is 79.1 Å². The number of nitrogens with zero attached hydrogens (tertiary/aromatic N) is 2. The van der Waals surface area contributed by atoms with Gasteiger partial charge in [0.25, 0.3) is 0 Å². The van der Waals surface area contributed by atoms with E-state index in [0.717, 1.165) is 57.0 Å². The summed E-state index contributed by atoms with van der Waals surface area (Å²) in [7, 11) is 1.68. The number of guanidine groups is 1. The van der Waals surface area contributed by atoms with Gasteiger partial charge in [0.15, 0.2) is 5.96 Å². The Morgan fingerprint density at radius 2 is 2.14 bits per heavy atom. The summed E-state index contributed by atoms with van der Waals surface area (Å²) in [6.07, 6.45) is 9.24. The molecule has 1 aliphatic heterocycles. The van der Waals surface area contributed by atoms with E-state index in [0.29, 0.717) is 19.1 Å². The monoisotopic (exact) mass is 518 g/mol. The number of amides is 1. The Hall–Kier alpha value is -1.29. The summed E-state index contributed by atoms with van der Waals surface area (Å²) in [6.45, 7) is 3.53. The van der Waals surface area contributed by atoms with Gasteiger partial charge < -0.3 is 24.7 Å². The molecule has 1 amide bonds. The van der Waals surface area contributed by atoms with Crippen LogP contribution >= 0.6 is 24.0 Å². The molecule has 2 fully saturated rings. The molecule has 0 radical (unpaired) electrons. The summed E-state index contributed by atoms with van der Waals surface area (Å²) in [5.74, 6) is 2.33. The van der Waals surface area contributed by atoms with Crippen LogP contribution in [0, 0.1) is 5.92 Å². The van der Waals surface area contributed by atoms with Crippen molar-refractivity contribution in [1.82, 2.24) is 15.5 Å². The van der Waals surface area contributed by atoms with E-state index in [1.54, 1.807) is 13.4 Å². The number of hydrogen-bond donors (Lipinski definition) is 2. The molecular weight excluding hydrogens is 483 g/mol. The molecule has 7 nitrogen and oxygen atoms in total. The van der Waals surface area contributed by atoms with Crippen LogP contribution in [0.25, 0.3) is 0 Å². The summed E-state index contributed by atoms with van der Waals surface area (Å²) in [5.41, 5.74) is 0. The van der Waals surface area contributed by atoms with Crippen LogP contribution < -0.4 is 10.6 Å². The summed E-state index contributed by atoms with van der Waals surface area (Å²) in [6, 6.07) is 4.12. The van der Waals surface area contributed by atoms with E-state index >= 15 is 0 Å². The predicted molar refractivity (Wildman–Crippen MR) is 125 cm³/mol. The fourth-order valence-electron chi connectivity index (χ4n) is 4.04. The number of likely N-dealkylation sites (tertiary alicyclic amines) is 1. The lowest BCUT2D eigenvalue weighted by molar-refractivity contribution is -0.135. The van der Waals surface area contributed by atoms with Gasteiger partial charge in [0.05, 0.1) is 19.4 Å². The number of nitrogens with one attached hydrogen (secondary N) is 2. The molecular formula is C21H35IN4O3. The van der Waals surface area contributed by atoms with Crippen molar-refractivity contribution < 1.29 is 13.9 Å². The number of halogens is 1. The molecule has 3 rings (SSSR count). The number of hydrogen-bond acceptors (Lipinski definition) is 4. The Labute approximate surface area is 191 Å². The largest absolute Gasteiger partial charge is 0.469 e. The van der Waals surface area contributed by atoms with Gasteiger partial charge in [-0.25, -0.2) is 0 Å². The molecule has 29 heavy (non-hydrogen) atoms. The number of methoxy groups -OCH3 is 1. The molecule has 1 saturated carbocycles. The number of rotatable bonds is 8. The van der Waals surface area contributed by atoms with E-state index in [1.165, 1.54) is 19.3 Å². The molecule has 1 aromatic heterocycles. The van der Waals surface area contributed by atoms with Crippen molar-refractivity contribution in [1.29, 1.82) is 0 Å². The lowest BCUT2D eigenvalue weighted by atomic mass is 9.88. The summed E-state index contributed by atoms with van der Waals surface area (Å²) in [5, 5.41) is 6.87. The van der Waals surface area contributed by atoms with Crippen molar-refractivity contribution in [2.75, 3.05) is 39.9 Å². The van der Waals surface area contributed by atoms with Crippen LogP contribution in [0.3, 0.4) is 0 Å². The Morgan fingerprint density at radius 1 is 1.31 bits per heavy atom. The minimum absolute atomic E-state index is 0. The summed E-state index contributed by atoms with van der Waals surface area (Å²) >= 11 is 0. The van der Waals surface area contributed by atoms with Gasteiger partial charge in [0.1, 0.15) is 5.76 Å². The minimum Gasteiger partial charge on any atom is -0.469 e. The number of carbonyl (C=O) groups excluding carboxylic acids is 1. The van der Waals surface area contributed by atoms with E-state index in [1.807, 2.05) is 17.0 Å². The Balaban J connectivity index is 0.00000300. The molecule has 1 aromatic rings. The third kappa shape index (κ3) is 7.81. The van der Waals surface area contributed by atoms with Crippen molar-refractivity contribution in [3.05, 3.63) is 24.2 Å². The lowest BCUT2D eigenvalue weighted by Crippen LogP contribution is -2.46. The molecule has 164 valence electrons. The zero-order valence-corrected chi connectivity index (χ0v) is 19.7. The average molecular weight is 518 g/mol. The quantitative estimate of drug-likeness (QED) is 0.240. The second kappa shape index (κ2) is 13.1. The first-order chi connectivity index (χ1) is 13.8. The number of ether oxygens (including phenoxy) is 1. The van der Waals surface area contributed by atoms with Crippen molar-refractivity contribution in [3.63, 3.8) is 0 Å². The fourth-order valence-corrected chi connectivity index (χ4v) is 4.04. The van der Waals surface area contributed by atoms with E-state index < -0.39 is 0 Å². The van der Waals surface area contributed by atoms with E-state index in [2.05, 4.69) is 15.6 Å². The normalized spacial score (nSPS) is 20.4. The van der Waals surface area contributed by atoms with Gasteiger partial charge >= 0.3 is 0 Å². The molecule has 2 aliphatic rings. The van der Waals surface area contributed by atoms with Crippen LogP contribution in [0.2, 0.25) is 0 Å². The molecule has 0 aromatic carbocycles. The highest BCUT2D eigenvalue weighted by Crippen LogP contribution is 2.26. The number of furan rings is 1. The number of aliphatic imine (C=N–C) groups is 1. The standard InChI is InChI=1S/C21H34N4O3.HI/c1-27-15-12-23-21(22-11-9-19-8-5-14-28-19)24-18-10-13-25(16-18)20(26)17-6-3-2-4-7-17;/h5,8,14,17-18H,2-4,6-7,9-13,15-16H2,1H3,(H2,22,23,24);1H. The first-order valence-corrected chi connectivity index (χ1v) is 10.6. The molecule has 0 spiro atoms. The summed E-state index contributed by atoms with van der Waals surface area (Å²) < 4.78 is 10.5. The van der Waals surface area contributed by atoms with Gasteiger partial charge in [-0.3, -0.25) is 9.79 Å². The zero-order chi connectivity index (χ0) is 19.6. The van der Waals surface area contributed by atoms with Gasteiger partial charge in [0.2, 0.25) is 5.91 Å². The third-order valence-corrected chi connectivity index (χ3v) is 5.60. The molecule has 1 unspecified atom stereocenters. The maximum absolute atomic E-state index is 12.8. The minimum atomic E-state index is 0. The molecule has 1 atom stereocenters. The molecule has 1 aliphatic carbocycles. The van der Waals surface area contributed by atoms with Gasteiger partial charge in [-0.05, 0) is 31.4 Å². The Morgan fingerprint density at radius 3 is 2.86 bits per heavy atom. The smallest absolute Gasteiger partial charge is 0.225 e. The zero-order valence-electron chi connectivity index (χ0n) is 17.4. The molecule has 0 bridgehead atoms. The van der Waals surface area contributed by atoms with Crippen molar-refractivity contribution in [2.45, 2.75) is 51.0 Å². The fraction of sp³-hybridized carbons (Fsp3) is 0.714. The van der Waals surface area contributed by atoms with Crippen molar-refractivity contribution in [2.24, 2.45) is 10.9 Å². The van der Waals surface area contributed by atoms with E-state index in [-0.39, 0.29) is 35.9 Å². The highest BCUT2D eigenvalue weighted by molar-refractivity contribution is 14.0. The summed E-state index contributed by atoms with van der Waals surface area (Å²) in [4.78, 5) is 19.4. The van der Waals surface area contributed by atoms with Crippen molar-refractivity contribution >= 4 is 35.8 Å². The van der Waals surface area contributed by atoms with Crippen LogP contribution in [-0.2, 0) is 16.0 Å². The highest BCUT2D eigenvalue weighted by atomic mass is 127. The van der Waals surface area contributed by atoms with E-state index in [9.17, 15) is 4.79 Å². The lowest BCUT2D eigenvalue weighted by Gasteiger charge is -2.26. The third-order valence-electron chi connectivity index (χ3n) is 5.60. The van der Waals surface area contributed by atoms with E-state index in [4.69, 9.17) is 9.15 Å². The van der Waals surface area contributed by atoms with Gasteiger partial charge in [-0.2, -0.15) is 0 Å². The number of carbonyl (C=O) groups is 1. The van der Waals surface area contributed by atoms with Crippen LogP contribution in [0.15, 0.2) is 27.8 Å². The molecule has 2 N–H and O–H groups in total. The molecule has 8 heteroatoms. The van der Waals surface area contributed by atoms with Gasteiger partial charge in [-0.1, -0.05) is 19.3 Å². The Bertz CT molecular complexity index is 617. The first-order valence-electron chi connectivity index (χ1n) is 10.6. The average Bonchev–Trinajstić information content (AvgIpc) is 3.40. The highest BCUT2D eigenvalue weighted by Gasteiger charge is 2.31. The molecule has 2 heterocycles. The molecule has 1 saturated heterocycles. The van der Waals surface area contributed by atoms with Gasteiger partial charge in [-0.15, -0.1) is 24.0 Å². The SMILES string of the molecule is COCCN=C(NCCc1ccco1)NC1CCN(C(=O)C2CCCCC2)C1.I. The second-order valence-corrected chi connectivity index (χ2v) is 7.73. The maximum atomic E-state index is 12.8. The van der Waals surface area contributed by atoms with Crippen molar-refractivity contribution in [3.8, 4) is 0 Å². The van der Waals surface area contributed by atoms with Crippen LogP contribution in [0.5, 0.6) is 0 Å². The van der Waals surface area contributed by atoms with Gasteiger partial charge in [0, 0.05) is 45.1 Å². The second-order valence-electron chi connectivity index (χ2n) is 7.73. The first kappa shape index (κ1) is 24.0. The van der Waals surface area contributed by atoms with Crippen LogP contribution in [-0.4, -0.2) is 62.7 Å². The van der Waals surface area contributed by atoms with Crippen LogP contribution in [0.1, 0.15) is 44.3 Å². The maximum Gasteiger partial charge on any atom is 0.225 e.